The molecule has 0 saturated heterocycles. The smallest absolute Gasteiger partial charge is 0.411 e. The van der Waals surface area contributed by atoms with Crippen LogP contribution in [0.15, 0.2) is 55.1 Å². The molecule has 0 atom stereocenters. The average Bonchev–Trinajstić information content (AvgIpc) is 2.75. The summed E-state index contributed by atoms with van der Waals surface area (Å²) < 4.78 is 22.2. The molecule has 0 bridgehead atoms. The molecule has 31 heavy (non-hydrogen) atoms. The number of carboxylic acid groups (broad SMARTS) is 1. The van der Waals surface area contributed by atoms with Crippen LogP contribution in [0.25, 0.3) is 0 Å². The van der Waals surface area contributed by atoms with Crippen LogP contribution in [0.1, 0.15) is 22.8 Å². The molecule has 3 rings (SSSR count). The second-order valence-corrected chi connectivity index (χ2v) is 9.40. The highest BCUT2D eigenvalue weighted by Crippen LogP contribution is 2.15. The molecule has 1 aliphatic rings. The van der Waals surface area contributed by atoms with E-state index in [9.17, 15) is 14.0 Å². The van der Waals surface area contributed by atoms with Crippen molar-refractivity contribution in [1.29, 1.82) is 0 Å². The summed E-state index contributed by atoms with van der Waals surface area (Å²) in [5.41, 5.74) is 1.67. The van der Waals surface area contributed by atoms with Crippen molar-refractivity contribution in [3.8, 4) is 5.75 Å². The molecule has 2 aromatic carbocycles. The van der Waals surface area contributed by atoms with Gasteiger partial charge in [0.25, 0.3) is 0 Å². The number of aromatic carboxylic acids is 1. The highest BCUT2D eigenvalue weighted by Gasteiger charge is 2.30. The van der Waals surface area contributed by atoms with E-state index in [1.807, 2.05) is 13.0 Å². The van der Waals surface area contributed by atoms with E-state index in [0.717, 1.165) is 10.9 Å². The molecule has 0 aromatic heterocycles. The normalized spacial score (nSPS) is 14.6. The fourth-order valence-electron chi connectivity index (χ4n) is 3.42. The molecule has 2 aromatic rings. The van der Waals surface area contributed by atoms with Gasteiger partial charge in [0, 0.05) is 19.2 Å². The summed E-state index contributed by atoms with van der Waals surface area (Å²) in [4.78, 5) is 25.3. The minimum absolute atomic E-state index is 0.113. The molecule has 1 aliphatic heterocycles. The molecular formula is C23H25FN2O4Si+. The Morgan fingerprint density at radius 2 is 1.97 bits per heavy atom. The van der Waals surface area contributed by atoms with Gasteiger partial charge in [-0.05, 0) is 48.0 Å². The molecule has 0 unspecified atom stereocenters. The van der Waals surface area contributed by atoms with Gasteiger partial charge in [-0.15, -0.1) is 0 Å². The number of benzene rings is 2. The van der Waals surface area contributed by atoms with Crippen LogP contribution in [0.2, 0.25) is 0 Å². The number of carbonyl (C=O) groups is 2. The first-order valence-corrected chi connectivity index (χ1v) is 11.5. The number of aryl methyl sites for hydroxylation is 1. The molecule has 0 spiro atoms. The fourth-order valence-corrected chi connectivity index (χ4v) is 5.44. The van der Waals surface area contributed by atoms with Crippen molar-refractivity contribution in [3.63, 3.8) is 0 Å². The van der Waals surface area contributed by atoms with E-state index in [4.69, 9.17) is 9.53 Å². The Hall–Kier alpha value is -3.10. The lowest BCUT2D eigenvalue weighted by Crippen LogP contribution is -2.53. The number of rotatable bonds is 7. The molecule has 8 heteroatoms. The number of nitrogens with zero attached hydrogens (tertiary/aromatic N) is 2. The predicted octanol–water partition coefficient (Wildman–Crippen LogP) is 2.15. The van der Waals surface area contributed by atoms with Crippen molar-refractivity contribution in [2.45, 2.75) is 13.8 Å². The molecule has 1 radical (unpaired) electrons. The first kappa shape index (κ1) is 22.6. The van der Waals surface area contributed by atoms with Gasteiger partial charge in [-0.2, -0.15) is 4.58 Å². The van der Waals surface area contributed by atoms with E-state index in [0.29, 0.717) is 37.1 Å². The number of carboxylic acids is 1. The molecule has 0 fully saturated rings. The largest absolute Gasteiger partial charge is 0.536 e. The van der Waals surface area contributed by atoms with Gasteiger partial charge in [0.1, 0.15) is 11.6 Å². The molecule has 6 nitrogen and oxygen atoms in total. The molecule has 0 saturated carbocycles. The van der Waals surface area contributed by atoms with E-state index in [1.54, 1.807) is 29.7 Å². The zero-order chi connectivity index (χ0) is 22.5. The van der Waals surface area contributed by atoms with Crippen LogP contribution >= 0.6 is 0 Å². The van der Waals surface area contributed by atoms with E-state index in [-0.39, 0.29) is 17.3 Å². The van der Waals surface area contributed by atoms with Crippen molar-refractivity contribution in [1.82, 2.24) is 4.90 Å². The van der Waals surface area contributed by atoms with Gasteiger partial charge in [0.2, 0.25) is 0 Å². The Kier molecular flexibility index (Phi) is 7.14. The Labute approximate surface area is 182 Å². The van der Waals surface area contributed by atoms with Crippen molar-refractivity contribution in [2.24, 2.45) is 0 Å². The second-order valence-electron chi connectivity index (χ2n) is 7.46. The highest BCUT2D eigenvalue weighted by atomic mass is 28.3. The summed E-state index contributed by atoms with van der Waals surface area (Å²) in [6.07, 6.45) is 1.90. The minimum atomic E-state index is -1.71. The first-order valence-electron chi connectivity index (χ1n) is 9.90. The van der Waals surface area contributed by atoms with Gasteiger partial charge in [0.15, 0.2) is 12.3 Å². The highest BCUT2D eigenvalue weighted by molar-refractivity contribution is 6.68. The Balaban J connectivity index is 1.83. The van der Waals surface area contributed by atoms with Crippen molar-refractivity contribution >= 4 is 31.8 Å². The Morgan fingerprint density at radius 3 is 2.55 bits per heavy atom. The lowest BCUT2D eigenvalue weighted by atomic mass is 10.2. The summed E-state index contributed by atoms with van der Waals surface area (Å²) >= 11 is 0. The summed E-state index contributed by atoms with van der Waals surface area (Å²) in [6.45, 7) is 9.00. The molecular weight excluding hydrogens is 415 g/mol. The van der Waals surface area contributed by atoms with Crippen molar-refractivity contribution < 1.29 is 28.1 Å². The van der Waals surface area contributed by atoms with Crippen LogP contribution in [0, 0.1) is 12.7 Å². The lowest BCUT2D eigenvalue weighted by molar-refractivity contribution is -0.451. The minimum Gasteiger partial charge on any atom is -0.536 e. The number of carbonyl (C=O) groups excluding carboxylic acids is 1. The Morgan fingerprint density at radius 1 is 1.26 bits per heavy atom. The van der Waals surface area contributed by atoms with Crippen LogP contribution in [-0.4, -0.2) is 67.0 Å². The summed E-state index contributed by atoms with van der Waals surface area (Å²) in [7, 11) is -1.71. The van der Waals surface area contributed by atoms with Gasteiger partial charge in [-0.3, -0.25) is 4.90 Å². The number of amides is 1. The van der Waals surface area contributed by atoms with Crippen molar-refractivity contribution in [2.75, 3.05) is 25.8 Å². The average molecular weight is 441 g/mol. The van der Waals surface area contributed by atoms with Gasteiger partial charge in [0.05, 0.1) is 18.7 Å². The Bertz CT molecular complexity index is 1040. The zero-order valence-electron chi connectivity index (χ0n) is 17.6. The van der Waals surface area contributed by atoms with Crippen LogP contribution in [0.5, 0.6) is 5.75 Å². The van der Waals surface area contributed by atoms with Gasteiger partial charge in [-0.25, -0.2) is 14.0 Å². The number of hydrogen-bond acceptors (Lipinski definition) is 4. The van der Waals surface area contributed by atoms with E-state index < -0.39 is 15.0 Å². The lowest BCUT2D eigenvalue weighted by Gasteiger charge is -2.28. The molecule has 0 aliphatic carbocycles. The van der Waals surface area contributed by atoms with Crippen molar-refractivity contribution in [3.05, 3.63) is 72.1 Å². The fraction of sp³-hybridized carbons (Fsp3) is 0.261. The molecule has 1 amide bonds. The van der Waals surface area contributed by atoms with Crippen LogP contribution in [-0.2, 0) is 4.79 Å². The maximum atomic E-state index is 14.3. The third-order valence-electron chi connectivity index (χ3n) is 5.20. The van der Waals surface area contributed by atoms with E-state index in [1.165, 1.54) is 24.3 Å². The molecule has 1 heterocycles. The zero-order valence-corrected chi connectivity index (χ0v) is 18.6. The maximum Gasteiger partial charge on any atom is 0.411 e. The number of hydrogen-bond donors (Lipinski definition) is 1. The summed E-state index contributed by atoms with van der Waals surface area (Å²) in [6, 6.07) is 11.4. The third kappa shape index (κ3) is 5.53. The summed E-state index contributed by atoms with van der Waals surface area (Å²) in [5, 5.41) is 9.88. The first-order chi connectivity index (χ1) is 14.8. The third-order valence-corrected chi connectivity index (χ3v) is 7.37. The van der Waals surface area contributed by atoms with Crippen LogP contribution in [0.4, 0.5) is 4.39 Å². The summed E-state index contributed by atoms with van der Waals surface area (Å²) in [5.74, 6) is -0.858. The standard InChI is InChI=1S/C23H24FN2O4Si/c1-4-22(27)26-12-11-25(14-17(26)3)15-31(20-10-5-16(2)21(24)13-20)30-19-8-6-18(7-9-19)23(28)29/h4-10,13H,1,11-12,14-15H2,2-3H3/p+1. The van der Waals surface area contributed by atoms with E-state index >= 15 is 0 Å². The quantitative estimate of drug-likeness (QED) is 0.406. The monoisotopic (exact) mass is 440 g/mol. The number of halogens is 1. The maximum absolute atomic E-state index is 14.3. The SMILES string of the molecule is C=CC(=O)[N+]1=C(C)CN(C[Si](Oc2ccc(C(=O)O)cc2)c2ccc(C)c(F)c2)CC1. The van der Waals surface area contributed by atoms with Crippen LogP contribution in [0.3, 0.4) is 0 Å². The predicted molar refractivity (Wildman–Crippen MR) is 118 cm³/mol. The molecule has 1 N–H and O–H groups in total. The van der Waals surface area contributed by atoms with Gasteiger partial charge < -0.3 is 9.53 Å². The second kappa shape index (κ2) is 9.80. The van der Waals surface area contributed by atoms with Crippen LogP contribution < -0.4 is 9.61 Å². The molecule has 161 valence electrons. The van der Waals surface area contributed by atoms with E-state index in [2.05, 4.69) is 11.5 Å². The van der Waals surface area contributed by atoms with Gasteiger partial charge >= 0.3 is 20.9 Å². The topological polar surface area (TPSA) is 69.8 Å². The van der Waals surface area contributed by atoms with Gasteiger partial charge in [-0.1, -0.05) is 18.7 Å².